The van der Waals surface area contributed by atoms with Gasteiger partial charge < -0.3 is 5.32 Å². The standard InChI is InChI=1S/C9H7ClFNO/c10-6-5-9(13)12-8-3-1-7(11)2-4-8/h1-6H,(H,12,13)/b6-5+. The first kappa shape index (κ1) is 9.74. The summed E-state index contributed by atoms with van der Waals surface area (Å²) in [7, 11) is 0. The van der Waals surface area contributed by atoms with Crippen molar-refractivity contribution < 1.29 is 9.18 Å². The van der Waals surface area contributed by atoms with Crippen LogP contribution in [-0.2, 0) is 4.79 Å². The van der Waals surface area contributed by atoms with E-state index >= 15 is 0 Å². The molecule has 0 saturated carbocycles. The van der Waals surface area contributed by atoms with Crippen LogP contribution >= 0.6 is 11.6 Å². The van der Waals surface area contributed by atoms with Crippen molar-refractivity contribution in [1.29, 1.82) is 0 Å². The van der Waals surface area contributed by atoms with Crippen LogP contribution in [0.4, 0.5) is 10.1 Å². The van der Waals surface area contributed by atoms with E-state index in [4.69, 9.17) is 11.6 Å². The minimum atomic E-state index is -0.346. The predicted octanol–water partition coefficient (Wildman–Crippen LogP) is 2.52. The maximum atomic E-state index is 12.4. The lowest BCUT2D eigenvalue weighted by Crippen LogP contribution is -2.07. The molecule has 4 heteroatoms. The molecule has 0 spiro atoms. The van der Waals surface area contributed by atoms with Gasteiger partial charge in [0, 0.05) is 17.3 Å². The molecule has 1 amide bonds. The molecule has 0 aliphatic carbocycles. The van der Waals surface area contributed by atoms with Crippen LogP contribution in [0.15, 0.2) is 35.9 Å². The molecule has 0 atom stereocenters. The molecule has 0 aliphatic rings. The number of rotatable bonds is 2. The smallest absolute Gasteiger partial charge is 0.249 e. The van der Waals surface area contributed by atoms with Crippen LogP contribution < -0.4 is 5.32 Å². The van der Waals surface area contributed by atoms with Gasteiger partial charge in [-0.3, -0.25) is 4.79 Å². The molecule has 2 nitrogen and oxygen atoms in total. The molecule has 0 aromatic heterocycles. The maximum Gasteiger partial charge on any atom is 0.249 e. The molecule has 0 saturated heterocycles. The maximum absolute atomic E-state index is 12.4. The van der Waals surface area contributed by atoms with Gasteiger partial charge in [0.2, 0.25) is 5.91 Å². The van der Waals surface area contributed by atoms with Gasteiger partial charge in [-0.15, -0.1) is 0 Å². The highest BCUT2D eigenvalue weighted by Crippen LogP contribution is 2.07. The Bertz CT molecular complexity index is 321. The van der Waals surface area contributed by atoms with Crippen molar-refractivity contribution in [2.75, 3.05) is 5.32 Å². The first-order valence-corrected chi connectivity index (χ1v) is 3.99. The zero-order chi connectivity index (χ0) is 9.68. The lowest BCUT2D eigenvalue weighted by molar-refractivity contribution is -0.111. The second kappa shape index (κ2) is 4.62. The van der Waals surface area contributed by atoms with E-state index in [9.17, 15) is 9.18 Å². The Labute approximate surface area is 80.0 Å². The highest BCUT2D eigenvalue weighted by molar-refractivity contribution is 6.27. The van der Waals surface area contributed by atoms with E-state index in [1.54, 1.807) is 0 Å². The summed E-state index contributed by atoms with van der Waals surface area (Å²) in [4.78, 5) is 10.9. The van der Waals surface area contributed by atoms with Crippen molar-refractivity contribution in [2.24, 2.45) is 0 Å². The van der Waals surface area contributed by atoms with Crippen LogP contribution in [0.3, 0.4) is 0 Å². The number of nitrogens with one attached hydrogen (secondary N) is 1. The molecule has 0 aliphatic heterocycles. The minimum Gasteiger partial charge on any atom is -0.322 e. The first-order valence-electron chi connectivity index (χ1n) is 3.55. The molecule has 0 heterocycles. The molecule has 0 bridgehead atoms. The van der Waals surface area contributed by atoms with Gasteiger partial charge in [-0.2, -0.15) is 0 Å². The van der Waals surface area contributed by atoms with Crippen LogP contribution in [0.1, 0.15) is 0 Å². The van der Waals surface area contributed by atoms with Crippen molar-refractivity contribution in [1.82, 2.24) is 0 Å². The van der Waals surface area contributed by atoms with Crippen molar-refractivity contribution in [3.8, 4) is 0 Å². The number of anilines is 1. The van der Waals surface area contributed by atoms with E-state index in [1.807, 2.05) is 0 Å². The van der Waals surface area contributed by atoms with Crippen molar-refractivity contribution in [2.45, 2.75) is 0 Å². The molecule has 1 rings (SSSR count). The van der Waals surface area contributed by atoms with Gasteiger partial charge >= 0.3 is 0 Å². The van der Waals surface area contributed by atoms with E-state index in [0.29, 0.717) is 5.69 Å². The average Bonchev–Trinajstić information content (AvgIpc) is 2.09. The summed E-state index contributed by atoms with van der Waals surface area (Å²) in [6, 6.07) is 5.46. The fourth-order valence-electron chi connectivity index (χ4n) is 0.774. The van der Waals surface area contributed by atoms with Crippen LogP contribution in [0.2, 0.25) is 0 Å². The number of hydrogen-bond donors (Lipinski definition) is 1. The van der Waals surface area contributed by atoms with Crippen molar-refractivity contribution in [3.05, 3.63) is 41.7 Å². The van der Waals surface area contributed by atoms with Gasteiger partial charge in [0.1, 0.15) is 5.82 Å². The van der Waals surface area contributed by atoms with E-state index in [0.717, 1.165) is 5.54 Å². The number of carbonyl (C=O) groups excluding carboxylic acids is 1. The van der Waals surface area contributed by atoms with Gasteiger partial charge in [-0.05, 0) is 24.3 Å². The van der Waals surface area contributed by atoms with Crippen LogP contribution in [0, 0.1) is 5.82 Å². The molecule has 13 heavy (non-hydrogen) atoms. The molecular weight excluding hydrogens is 193 g/mol. The number of benzene rings is 1. The number of halogens is 2. The van der Waals surface area contributed by atoms with Crippen molar-refractivity contribution >= 4 is 23.2 Å². The van der Waals surface area contributed by atoms with Gasteiger partial charge in [-0.25, -0.2) is 4.39 Å². The topological polar surface area (TPSA) is 29.1 Å². The van der Waals surface area contributed by atoms with Crippen LogP contribution in [0.25, 0.3) is 0 Å². The lowest BCUT2D eigenvalue weighted by atomic mass is 10.3. The lowest BCUT2D eigenvalue weighted by Gasteiger charge is -2.00. The Morgan fingerprint density at radius 3 is 2.54 bits per heavy atom. The summed E-state index contributed by atoms with van der Waals surface area (Å²) in [6.45, 7) is 0. The fraction of sp³-hybridized carbons (Fsp3) is 0. The Morgan fingerprint density at radius 1 is 1.38 bits per heavy atom. The molecular formula is C9H7ClFNO. The average molecular weight is 200 g/mol. The van der Waals surface area contributed by atoms with E-state index in [-0.39, 0.29) is 11.7 Å². The van der Waals surface area contributed by atoms with Crippen molar-refractivity contribution in [3.63, 3.8) is 0 Å². The number of amides is 1. The molecule has 68 valence electrons. The third-order valence-corrected chi connectivity index (χ3v) is 1.45. The predicted molar refractivity (Wildman–Crippen MR) is 50.0 cm³/mol. The van der Waals surface area contributed by atoms with Crippen LogP contribution in [0.5, 0.6) is 0 Å². The van der Waals surface area contributed by atoms with E-state index in [2.05, 4.69) is 5.32 Å². The summed E-state index contributed by atoms with van der Waals surface area (Å²) >= 11 is 5.19. The highest BCUT2D eigenvalue weighted by atomic mass is 35.5. The summed E-state index contributed by atoms with van der Waals surface area (Å²) in [5, 5.41) is 2.49. The molecule has 0 radical (unpaired) electrons. The zero-order valence-corrected chi connectivity index (χ0v) is 7.38. The molecule has 1 aromatic rings. The molecule has 1 N–H and O–H groups in total. The highest BCUT2D eigenvalue weighted by Gasteiger charge is 1.96. The minimum absolute atomic E-state index is 0.342. The van der Waals surface area contributed by atoms with Gasteiger partial charge in [-0.1, -0.05) is 11.6 Å². The molecule has 0 unspecified atom stereocenters. The Morgan fingerprint density at radius 2 is 2.00 bits per heavy atom. The second-order valence-corrected chi connectivity index (χ2v) is 2.54. The van der Waals surface area contributed by atoms with E-state index < -0.39 is 0 Å². The summed E-state index contributed by atoms with van der Waals surface area (Å²) in [5.74, 6) is -0.688. The van der Waals surface area contributed by atoms with Gasteiger partial charge in [0.05, 0.1) is 0 Å². The Balaban J connectivity index is 2.64. The Hall–Kier alpha value is -1.35. The fourth-order valence-corrected chi connectivity index (χ4v) is 0.889. The first-order chi connectivity index (χ1) is 6.22. The Kier molecular flexibility index (Phi) is 3.46. The largest absolute Gasteiger partial charge is 0.322 e. The SMILES string of the molecule is O=C(/C=C/Cl)Nc1ccc(F)cc1. The monoisotopic (exact) mass is 199 g/mol. The normalized spacial score (nSPS) is 10.3. The second-order valence-electron chi connectivity index (χ2n) is 2.29. The zero-order valence-electron chi connectivity index (χ0n) is 6.63. The summed E-state index contributed by atoms with van der Waals surface area (Å²) < 4.78 is 12.4. The molecule has 0 fully saturated rings. The van der Waals surface area contributed by atoms with Gasteiger partial charge in [0.15, 0.2) is 0 Å². The number of carbonyl (C=O) groups is 1. The van der Waals surface area contributed by atoms with Gasteiger partial charge in [0.25, 0.3) is 0 Å². The third kappa shape index (κ3) is 3.25. The number of hydrogen-bond acceptors (Lipinski definition) is 1. The quantitative estimate of drug-likeness (QED) is 0.729. The van der Waals surface area contributed by atoms with Crippen LogP contribution in [-0.4, -0.2) is 5.91 Å². The van der Waals surface area contributed by atoms with E-state index in [1.165, 1.54) is 30.3 Å². The summed E-state index contributed by atoms with van der Waals surface area (Å²) in [6.07, 6.45) is 1.17. The summed E-state index contributed by atoms with van der Waals surface area (Å²) in [5.41, 5.74) is 1.64. The third-order valence-electron chi connectivity index (χ3n) is 1.33. The molecule has 1 aromatic carbocycles.